The van der Waals surface area contributed by atoms with Crippen LogP contribution in [0.3, 0.4) is 0 Å². The summed E-state index contributed by atoms with van der Waals surface area (Å²) in [6.07, 6.45) is 0. The SMILES string of the molecule is CC(NC(=O)C(C)NS(=O)(=O)c1ccc(Cl)cc1)C(=O)O. The minimum atomic E-state index is -3.89. The van der Waals surface area contributed by atoms with Crippen molar-refractivity contribution in [2.45, 2.75) is 30.8 Å². The lowest BCUT2D eigenvalue weighted by atomic mass is 10.3. The van der Waals surface area contributed by atoms with Crippen LogP contribution in [0.15, 0.2) is 29.2 Å². The Morgan fingerprint density at radius 2 is 1.67 bits per heavy atom. The summed E-state index contributed by atoms with van der Waals surface area (Å²) in [5.74, 6) is -1.95. The van der Waals surface area contributed by atoms with Gasteiger partial charge in [-0.2, -0.15) is 4.72 Å². The highest BCUT2D eigenvalue weighted by Crippen LogP contribution is 2.14. The number of rotatable bonds is 6. The average Bonchev–Trinajstić information content (AvgIpc) is 2.38. The summed E-state index contributed by atoms with van der Waals surface area (Å²) in [7, 11) is -3.89. The number of hydrogen-bond acceptors (Lipinski definition) is 4. The van der Waals surface area contributed by atoms with Gasteiger partial charge in [0, 0.05) is 5.02 Å². The fourth-order valence-corrected chi connectivity index (χ4v) is 2.70. The van der Waals surface area contributed by atoms with Crippen molar-refractivity contribution in [1.82, 2.24) is 10.0 Å². The second-order valence-corrected chi connectivity index (χ2v) is 6.52. The smallest absolute Gasteiger partial charge is 0.325 e. The van der Waals surface area contributed by atoms with Crippen LogP contribution in [-0.4, -0.2) is 37.5 Å². The van der Waals surface area contributed by atoms with Gasteiger partial charge in [0.1, 0.15) is 6.04 Å². The summed E-state index contributed by atoms with van der Waals surface area (Å²) in [6.45, 7) is 2.60. The number of carboxylic acids is 1. The molecule has 0 saturated heterocycles. The van der Waals surface area contributed by atoms with Crippen molar-refractivity contribution in [1.29, 1.82) is 0 Å². The standard InChI is InChI=1S/C12H15ClN2O5S/c1-7(11(16)14-8(2)12(17)18)15-21(19,20)10-5-3-9(13)4-6-10/h3-8,15H,1-2H3,(H,14,16)(H,17,18). The lowest BCUT2D eigenvalue weighted by Crippen LogP contribution is -2.49. The summed E-state index contributed by atoms with van der Waals surface area (Å²) >= 11 is 5.67. The molecule has 0 aliphatic heterocycles. The summed E-state index contributed by atoms with van der Waals surface area (Å²) in [4.78, 5) is 22.3. The molecule has 0 spiro atoms. The van der Waals surface area contributed by atoms with E-state index in [-0.39, 0.29) is 4.90 Å². The van der Waals surface area contributed by atoms with Crippen LogP contribution in [0, 0.1) is 0 Å². The van der Waals surface area contributed by atoms with Crippen molar-refractivity contribution >= 4 is 33.5 Å². The quantitative estimate of drug-likeness (QED) is 0.705. The number of benzene rings is 1. The van der Waals surface area contributed by atoms with Crippen LogP contribution < -0.4 is 10.0 Å². The van der Waals surface area contributed by atoms with Gasteiger partial charge in [-0.3, -0.25) is 9.59 Å². The highest BCUT2D eigenvalue weighted by Gasteiger charge is 2.24. The summed E-state index contributed by atoms with van der Waals surface area (Å²) in [5.41, 5.74) is 0. The van der Waals surface area contributed by atoms with E-state index >= 15 is 0 Å². The van der Waals surface area contributed by atoms with Crippen LogP contribution in [0.1, 0.15) is 13.8 Å². The maximum absolute atomic E-state index is 12.0. The van der Waals surface area contributed by atoms with Crippen LogP contribution in [0.2, 0.25) is 5.02 Å². The first-order valence-corrected chi connectivity index (χ1v) is 7.80. The van der Waals surface area contributed by atoms with Crippen LogP contribution in [0.4, 0.5) is 0 Å². The van der Waals surface area contributed by atoms with Crippen molar-refractivity contribution in [3.05, 3.63) is 29.3 Å². The van der Waals surface area contributed by atoms with Gasteiger partial charge in [-0.15, -0.1) is 0 Å². The van der Waals surface area contributed by atoms with Crippen LogP contribution in [0.25, 0.3) is 0 Å². The molecular weight excluding hydrogens is 320 g/mol. The van der Waals surface area contributed by atoms with Crippen molar-refractivity contribution in [3.63, 3.8) is 0 Å². The third-order valence-electron chi connectivity index (χ3n) is 2.58. The maximum Gasteiger partial charge on any atom is 0.325 e. The monoisotopic (exact) mass is 334 g/mol. The predicted molar refractivity (Wildman–Crippen MR) is 76.5 cm³/mol. The number of sulfonamides is 1. The second kappa shape index (κ2) is 6.88. The van der Waals surface area contributed by atoms with Crippen LogP contribution in [0.5, 0.6) is 0 Å². The van der Waals surface area contributed by atoms with Crippen molar-refractivity contribution in [3.8, 4) is 0 Å². The average molecular weight is 335 g/mol. The van der Waals surface area contributed by atoms with Gasteiger partial charge in [-0.05, 0) is 38.1 Å². The Labute approximate surface area is 127 Å². The van der Waals surface area contributed by atoms with Crippen molar-refractivity contribution in [2.24, 2.45) is 0 Å². The first-order valence-electron chi connectivity index (χ1n) is 5.94. The first-order chi connectivity index (χ1) is 9.63. The predicted octanol–water partition coefficient (Wildman–Crippen LogP) is 0.596. The van der Waals surface area contributed by atoms with Gasteiger partial charge in [0.05, 0.1) is 10.9 Å². The van der Waals surface area contributed by atoms with Crippen molar-refractivity contribution in [2.75, 3.05) is 0 Å². The Balaban J connectivity index is 2.77. The third-order valence-corrected chi connectivity index (χ3v) is 4.39. The molecule has 7 nitrogen and oxygen atoms in total. The Morgan fingerprint density at radius 1 is 1.14 bits per heavy atom. The fraction of sp³-hybridized carbons (Fsp3) is 0.333. The zero-order chi connectivity index (χ0) is 16.2. The molecule has 0 aliphatic carbocycles. The van der Waals surface area contributed by atoms with Crippen LogP contribution >= 0.6 is 11.6 Å². The molecule has 0 radical (unpaired) electrons. The topological polar surface area (TPSA) is 113 Å². The number of carbonyl (C=O) groups is 2. The Bertz CT molecular complexity index is 630. The van der Waals surface area contributed by atoms with E-state index in [1.165, 1.54) is 38.1 Å². The number of aliphatic carboxylic acids is 1. The molecule has 1 aromatic rings. The van der Waals surface area contributed by atoms with Gasteiger partial charge in [0.2, 0.25) is 15.9 Å². The van der Waals surface area contributed by atoms with E-state index in [0.29, 0.717) is 5.02 Å². The van der Waals surface area contributed by atoms with E-state index in [1.54, 1.807) is 0 Å². The highest BCUT2D eigenvalue weighted by atomic mass is 35.5. The fourth-order valence-electron chi connectivity index (χ4n) is 1.37. The largest absolute Gasteiger partial charge is 0.480 e. The zero-order valence-electron chi connectivity index (χ0n) is 11.3. The molecule has 3 N–H and O–H groups in total. The van der Waals surface area contributed by atoms with E-state index < -0.39 is 34.0 Å². The number of carbonyl (C=O) groups excluding carboxylic acids is 1. The molecule has 0 aliphatic rings. The van der Waals surface area contributed by atoms with Gasteiger partial charge in [-0.1, -0.05) is 11.6 Å². The molecule has 116 valence electrons. The molecule has 0 fully saturated rings. The molecule has 0 saturated carbocycles. The van der Waals surface area contributed by atoms with Gasteiger partial charge in [0.25, 0.3) is 0 Å². The minimum absolute atomic E-state index is 0.0437. The van der Waals surface area contributed by atoms with Gasteiger partial charge >= 0.3 is 5.97 Å². The molecule has 9 heteroatoms. The summed E-state index contributed by atoms with van der Waals surface area (Å²) < 4.78 is 26.2. The molecule has 0 aromatic heterocycles. The second-order valence-electron chi connectivity index (χ2n) is 4.37. The third kappa shape index (κ3) is 5.00. The maximum atomic E-state index is 12.0. The molecule has 1 rings (SSSR count). The number of halogens is 1. The van der Waals surface area contributed by atoms with Crippen molar-refractivity contribution < 1.29 is 23.1 Å². The van der Waals surface area contributed by atoms with E-state index in [4.69, 9.17) is 16.7 Å². The van der Waals surface area contributed by atoms with Gasteiger partial charge in [-0.25, -0.2) is 8.42 Å². The van der Waals surface area contributed by atoms with Crippen LogP contribution in [-0.2, 0) is 19.6 Å². The normalized spacial score (nSPS) is 14.2. The number of hydrogen-bond donors (Lipinski definition) is 3. The van der Waals surface area contributed by atoms with E-state index in [9.17, 15) is 18.0 Å². The Hall–Kier alpha value is -1.64. The van der Waals surface area contributed by atoms with Gasteiger partial charge < -0.3 is 10.4 Å². The van der Waals surface area contributed by atoms with E-state index in [1.807, 2.05) is 0 Å². The first kappa shape index (κ1) is 17.4. The minimum Gasteiger partial charge on any atom is -0.480 e. The molecule has 1 amide bonds. The zero-order valence-corrected chi connectivity index (χ0v) is 12.9. The lowest BCUT2D eigenvalue weighted by molar-refractivity contribution is -0.141. The Kier molecular flexibility index (Phi) is 5.70. The summed E-state index contributed by atoms with van der Waals surface area (Å²) in [5, 5.41) is 11.2. The number of nitrogens with one attached hydrogen (secondary N) is 2. The van der Waals surface area contributed by atoms with Gasteiger partial charge in [0.15, 0.2) is 0 Å². The molecular formula is C12H15ClN2O5S. The molecule has 21 heavy (non-hydrogen) atoms. The number of carboxylic acid groups (broad SMARTS) is 1. The van der Waals surface area contributed by atoms with E-state index in [2.05, 4.69) is 10.0 Å². The molecule has 0 heterocycles. The van der Waals surface area contributed by atoms with E-state index in [0.717, 1.165) is 0 Å². The number of amides is 1. The molecule has 2 unspecified atom stereocenters. The summed E-state index contributed by atoms with van der Waals surface area (Å²) in [6, 6.07) is 3.19. The lowest BCUT2D eigenvalue weighted by Gasteiger charge is -2.16. The highest BCUT2D eigenvalue weighted by molar-refractivity contribution is 7.89. The molecule has 1 aromatic carbocycles. The molecule has 2 atom stereocenters. The Morgan fingerprint density at radius 3 is 2.14 bits per heavy atom. The molecule has 0 bridgehead atoms.